The molecule has 0 aliphatic heterocycles. The first-order valence-corrected chi connectivity index (χ1v) is 19.8. The van der Waals surface area contributed by atoms with E-state index in [-0.39, 0.29) is 0 Å². The molecule has 0 spiro atoms. The molecule has 12 rings (SSSR count). The molecule has 0 bridgehead atoms. The quantitative estimate of drug-likeness (QED) is 0.170. The summed E-state index contributed by atoms with van der Waals surface area (Å²) in [4.78, 5) is 0. The van der Waals surface area contributed by atoms with Crippen LogP contribution in [0, 0.1) is 0 Å². The smallest absolute Gasteiger partial charge is 0.0434 e. The van der Waals surface area contributed by atoms with Gasteiger partial charge in [0, 0.05) is 25.7 Å². The minimum Gasteiger partial charge on any atom is -0.135 e. The van der Waals surface area contributed by atoms with Gasteiger partial charge in [0.1, 0.15) is 0 Å². The molecule has 254 valence electrons. The maximum absolute atomic E-state index is 2.46. The average molecular weight is 713 g/mol. The summed E-state index contributed by atoms with van der Waals surface area (Å²) in [7, 11) is 0. The van der Waals surface area contributed by atoms with Crippen molar-refractivity contribution in [3.8, 4) is 66.8 Å². The van der Waals surface area contributed by atoms with Gasteiger partial charge < -0.3 is 0 Å². The van der Waals surface area contributed by atoms with Gasteiger partial charge in [-0.2, -0.15) is 0 Å². The number of benzene rings is 10. The SMILES string of the molecule is c1ccc(-c2c3c(c(-c4ccccc4)c4ccccc24)-c2ccc(-c4cc(-c5cccc6ccccc56)cc5c4sc4ccccc45)c4cccc-3c24)cc1. The van der Waals surface area contributed by atoms with E-state index in [1.54, 1.807) is 0 Å². The molecule has 0 amide bonds. The predicted molar refractivity (Wildman–Crippen MR) is 238 cm³/mol. The lowest BCUT2D eigenvalue weighted by Crippen LogP contribution is -1.93. The monoisotopic (exact) mass is 712 g/mol. The first-order valence-electron chi connectivity index (χ1n) is 19.0. The zero-order chi connectivity index (χ0) is 36.0. The third kappa shape index (κ3) is 4.45. The van der Waals surface area contributed by atoms with Crippen LogP contribution in [0.1, 0.15) is 0 Å². The Hall–Kier alpha value is -6.80. The molecule has 1 heteroatoms. The number of rotatable bonds is 4. The second kappa shape index (κ2) is 11.9. The van der Waals surface area contributed by atoms with Gasteiger partial charge in [0.15, 0.2) is 0 Å². The van der Waals surface area contributed by atoms with Gasteiger partial charge in [-0.3, -0.25) is 0 Å². The Morgan fingerprint density at radius 1 is 0.273 bits per heavy atom. The third-order valence-corrected chi connectivity index (χ3v) is 13.0. The topological polar surface area (TPSA) is 0 Å². The Morgan fingerprint density at radius 3 is 1.53 bits per heavy atom. The van der Waals surface area contributed by atoms with E-state index in [1.807, 2.05) is 11.3 Å². The van der Waals surface area contributed by atoms with Crippen LogP contribution in [0.5, 0.6) is 0 Å². The van der Waals surface area contributed by atoms with E-state index in [4.69, 9.17) is 0 Å². The van der Waals surface area contributed by atoms with Crippen molar-refractivity contribution in [2.24, 2.45) is 0 Å². The largest absolute Gasteiger partial charge is 0.135 e. The second-order valence-corrected chi connectivity index (χ2v) is 15.7. The Kier molecular flexibility index (Phi) is 6.60. The van der Waals surface area contributed by atoms with Crippen LogP contribution in [0.2, 0.25) is 0 Å². The molecule has 1 heterocycles. The van der Waals surface area contributed by atoms with Gasteiger partial charge in [-0.05, 0) is 112 Å². The summed E-state index contributed by atoms with van der Waals surface area (Å²) in [5, 5.41) is 10.4. The molecule has 0 saturated heterocycles. The van der Waals surface area contributed by atoms with Crippen LogP contribution in [-0.2, 0) is 0 Å². The van der Waals surface area contributed by atoms with Crippen molar-refractivity contribution < 1.29 is 0 Å². The highest BCUT2D eigenvalue weighted by molar-refractivity contribution is 7.26. The van der Waals surface area contributed by atoms with Crippen LogP contribution >= 0.6 is 11.3 Å². The van der Waals surface area contributed by atoms with Crippen molar-refractivity contribution in [1.29, 1.82) is 0 Å². The normalized spacial score (nSPS) is 12.0. The van der Waals surface area contributed by atoms with E-state index >= 15 is 0 Å². The van der Waals surface area contributed by atoms with E-state index in [0.29, 0.717) is 0 Å². The van der Waals surface area contributed by atoms with Gasteiger partial charge in [0.05, 0.1) is 0 Å². The number of hydrogen-bond acceptors (Lipinski definition) is 1. The van der Waals surface area contributed by atoms with Gasteiger partial charge in [-0.15, -0.1) is 11.3 Å². The van der Waals surface area contributed by atoms with Crippen LogP contribution in [0.25, 0.3) is 119 Å². The van der Waals surface area contributed by atoms with Crippen molar-refractivity contribution in [3.63, 3.8) is 0 Å². The summed E-state index contributed by atoms with van der Waals surface area (Å²) < 4.78 is 2.65. The summed E-state index contributed by atoms with van der Waals surface area (Å²) in [5.41, 5.74) is 15.5. The lowest BCUT2D eigenvalue weighted by Gasteiger charge is -2.20. The van der Waals surface area contributed by atoms with Crippen LogP contribution in [-0.4, -0.2) is 0 Å². The molecule has 0 atom stereocenters. The van der Waals surface area contributed by atoms with Crippen LogP contribution in [0.4, 0.5) is 0 Å². The van der Waals surface area contributed by atoms with E-state index in [9.17, 15) is 0 Å². The molecule has 10 aromatic carbocycles. The van der Waals surface area contributed by atoms with E-state index in [2.05, 4.69) is 194 Å². The molecule has 55 heavy (non-hydrogen) atoms. The molecule has 1 aromatic heterocycles. The molecule has 1 aliphatic rings. The Morgan fingerprint density at radius 2 is 0.800 bits per heavy atom. The number of thiophene rings is 1. The molecule has 0 saturated carbocycles. The lowest BCUT2D eigenvalue weighted by atomic mass is 9.82. The van der Waals surface area contributed by atoms with Gasteiger partial charge in [-0.25, -0.2) is 0 Å². The highest BCUT2D eigenvalue weighted by Gasteiger charge is 2.31. The Bertz CT molecular complexity index is 3250. The fourth-order valence-electron chi connectivity index (χ4n) is 9.50. The number of fused-ring (bicyclic) bond motifs is 8. The van der Waals surface area contributed by atoms with Crippen molar-refractivity contribution in [2.75, 3.05) is 0 Å². The first kappa shape index (κ1) is 30.6. The maximum atomic E-state index is 2.46. The third-order valence-electron chi connectivity index (χ3n) is 11.8. The summed E-state index contributed by atoms with van der Waals surface area (Å²) >= 11 is 1.91. The number of hydrogen-bond donors (Lipinski definition) is 0. The van der Waals surface area contributed by atoms with Crippen molar-refractivity contribution in [1.82, 2.24) is 0 Å². The molecule has 11 aromatic rings. The minimum atomic E-state index is 1.24. The molecule has 0 nitrogen and oxygen atoms in total. The summed E-state index contributed by atoms with van der Waals surface area (Å²) in [6.07, 6.45) is 0. The zero-order valence-electron chi connectivity index (χ0n) is 29.9. The average Bonchev–Trinajstić information content (AvgIpc) is 3.80. The van der Waals surface area contributed by atoms with Crippen molar-refractivity contribution in [2.45, 2.75) is 0 Å². The Balaban J connectivity index is 1.21. The van der Waals surface area contributed by atoms with E-state index in [0.717, 1.165) is 0 Å². The van der Waals surface area contributed by atoms with Crippen molar-refractivity contribution in [3.05, 3.63) is 194 Å². The minimum absolute atomic E-state index is 1.24. The van der Waals surface area contributed by atoms with Gasteiger partial charge in [0.2, 0.25) is 0 Å². The van der Waals surface area contributed by atoms with Crippen LogP contribution in [0.15, 0.2) is 194 Å². The molecule has 0 N–H and O–H groups in total. The highest BCUT2D eigenvalue weighted by Crippen LogP contribution is 2.59. The molecule has 0 radical (unpaired) electrons. The molecule has 1 aliphatic carbocycles. The molecular formula is C54H32S. The lowest BCUT2D eigenvalue weighted by molar-refractivity contribution is 1.62. The summed E-state index contributed by atoms with van der Waals surface area (Å²) in [6, 6.07) is 72.1. The molecule has 0 fully saturated rings. The fraction of sp³-hybridized carbons (Fsp3) is 0. The van der Waals surface area contributed by atoms with Gasteiger partial charge in [0.25, 0.3) is 0 Å². The van der Waals surface area contributed by atoms with Gasteiger partial charge >= 0.3 is 0 Å². The van der Waals surface area contributed by atoms with E-state index in [1.165, 1.54) is 119 Å². The standard InChI is InChI=1S/C54H32S/c1-3-16-34(17-4-1)49-42-23-9-10-24-43(42)50(35-18-5-2-6-19-35)53-45-30-29-39(41-26-14-27-44(51(41)45)52(49)53)46-31-36(38-25-13-20-33-15-7-8-21-37(33)38)32-47-40-22-11-12-28-48(40)55-54(46)47/h1-32H. The second-order valence-electron chi connectivity index (χ2n) is 14.7. The highest BCUT2D eigenvalue weighted by atomic mass is 32.1. The fourth-order valence-corrected chi connectivity index (χ4v) is 10.7. The first-order chi connectivity index (χ1) is 27.3. The summed E-state index contributed by atoms with van der Waals surface area (Å²) in [5.74, 6) is 0. The van der Waals surface area contributed by atoms with Crippen LogP contribution < -0.4 is 0 Å². The molecule has 0 unspecified atom stereocenters. The van der Waals surface area contributed by atoms with Crippen LogP contribution in [0.3, 0.4) is 0 Å². The molecular weight excluding hydrogens is 681 g/mol. The van der Waals surface area contributed by atoms with Gasteiger partial charge in [-0.1, -0.05) is 176 Å². The van der Waals surface area contributed by atoms with Crippen molar-refractivity contribution >= 4 is 63.8 Å². The van der Waals surface area contributed by atoms with E-state index < -0.39 is 0 Å². The Labute approximate surface area is 323 Å². The summed E-state index contributed by atoms with van der Waals surface area (Å²) in [6.45, 7) is 0. The predicted octanol–water partition coefficient (Wildman–Crippen LogP) is 15.8. The maximum Gasteiger partial charge on any atom is 0.0434 e. The zero-order valence-corrected chi connectivity index (χ0v) is 30.7.